The molecule has 20 heavy (non-hydrogen) atoms. The molecule has 0 amide bonds. The highest BCUT2D eigenvalue weighted by Crippen LogP contribution is 2.39. The Kier molecular flexibility index (Phi) is 4.30. The molecule has 2 heteroatoms. The van der Waals surface area contributed by atoms with Gasteiger partial charge in [0.2, 0.25) is 0 Å². The van der Waals surface area contributed by atoms with E-state index in [4.69, 9.17) is 0 Å². The Morgan fingerprint density at radius 3 is 2.65 bits per heavy atom. The molecular formula is C18H28N2. The molecule has 1 N–H and O–H groups in total. The summed E-state index contributed by atoms with van der Waals surface area (Å²) in [6.45, 7) is 6.69. The van der Waals surface area contributed by atoms with Crippen LogP contribution in [-0.2, 0) is 0 Å². The average molecular weight is 272 g/mol. The molecule has 1 aromatic carbocycles. The van der Waals surface area contributed by atoms with Crippen LogP contribution >= 0.6 is 0 Å². The van der Waals surface area contributed by atoms with Gasteiger partial charge in [0, 0.05) is 24.3 Å². The predicted molar refractivity (Wildman–Crippen MR) is 86.2 cm³/mol. The minimum Gasteiger partial charge on any atom is -0.368 e. The highest BCUT2D eigenvalue weighted by molar-refractivity contribution is 5.49. The Hall–Kier alpha value is -1.02. The number of benzene rings is 1. The maximum Gasteiger partial charge on any atom is 0.0369 e. The van der Waals surface area contributed by atoms with Gasteiger partial charge in [0.25, 0.3) is 0 Å². The lowest BCUT2D eigenvalue weighted by Gasteiger charge is -2.39. The number of fused-ring (bicyclic) bond motifs is 1. The first-order valence-electron chi connectivity index (χ1n) is 8.39. The predicted octanol–water partition coefficient (Wildman–Crippen LogP) is 4.13. The second kappa shape index (κ2) is 6.17. The van der Waals surface area contributed by atoms with Gasteiger partial charge in [-0.15, -0.1) is 0 Å². The SMILES string of the molecule is CCNC(C)c1ccc(N2CCCC3CCCC32)cc1. The van der Waals surface area contributed by atoms with Crippen molar-refractivity contribution in [2.45, 2.75) is 58.0 Å². The molecule has 2 nitrogen and oxygen atoms in total. The Balaban J connectivity index is 1.73. The van der Waals surface area contributed by atoms with Crippen molar-refractivity contribution < 1.29 is 0 Å². The Morgan fingerprint density at radius 1 is 1.15 bits per heavy atom. The summed E-state index contributed by atoms with van der Waals surface area (Å²) in [5.41, 5.74) is 2.84. The van der Waals surface area contributed by atoms with Crippen molar-refractivity contribution in [2.75, 3.05) is 18.0 Å². The monoisotopic (exact) mass is 272 g/mol. The Labute approximate surface area is 123 Å². The van der Waals surface area contributed by atoms with Gasteiger partial charge in [0.05, 0.1) is 0 Å². The van der Waals surface area contributed by atoms with Gasteiger partial charge in [0.1, 0.15) is 0 Å². The van der Waals surface area contributed by atoms with Gasteiger partial charge in [-0.25, -0.2) is 0 Å². The third kappa shape index (κ3) is 2.71. The normalized spacial score (nSPS) is 27.4. The molecular weight excluding hydrogens is 244 g/mol. The topological polar surface area (TPSA) is 15.3 Å². The van der Waals surface area contributed by atoms with E-state index >= 15 is 0 Å². The molecule has 1 aromatic rings. The van der Waals surface area contributed by atoms with Crippen LogP contribution in [0, 0.1) is 5.92 Å². The highest BCUT2D eigenvalue weighted by atomic mass is 15.2. The summed E-state index contributed by atoms with van der Waals surface area (Å²) in [4.78, 5) is 2.68. The van der Waals surface area contributed by atoms with Crippen molar-refractivity contribution in [1.29, 1.82) is 0 Å². The molecule has 1 aliphatic carbocycles. The summed E-state index contributed by atoms with van der Waals surface area (Å²) in [5.74, 6) is 0.962. The van der Waals surface area contributed by atoms with Gasteiger partial charge in [-0.1, -0.05) is 25.5 Å². The maximum absolute atomic E-state index is 3.48. The summed E-state index contributed by atoms with van der Waals surface area (Å²) in [6.07, 6.45) is 7.12. The molecule has 0 bridgehead atoms. The van der Waals surface area contributed by atoms with Crippen LogP contribution in [0.2, 0.25) is 0 Å². The number of hydrogen-bond donors (Lipinski definition) is 1. The minimum absolute atomic E-state index is 0.453. The first kappa shape index (κ1) is 13.9. The first-order chi connectivity index (χ1) is 9.79. The van der Waals surface area contributed by atoms with E-state index in [2.05, 4.69) is 48.3 Å². The van der Waals surface area contributed by atoms with Gasteiger partial charge in [0.15, 0.2) is 0 Å². The van der Waals surface area contributed by atoms with E-state index in [0.717, 1.165) is 18.5 Å². The average Bonchev–Trinajstić information content (AvgIpc) is 2.96. The fourth-order valence-electron chi connectivity index (χ4n) is 4.15. The molecule has 0 aromatic heterocycles. The molecule has 0 radical (unpaired) electrons. The molecule has 1 saturated carbocycles. The molecule has 2 fully saturated rings. The second-order valence-electron chi connectivity index (χ2n) is 6.46. The number of rotatable bonds is 4. The van der Waals surface area contributed by atoms with E-state index < -0.39 is 0 Å². The summed E-state index contributed by atoms with van der Waals surface area (Å²) in [5, 5.41) is 3.48. The molecule has 3 atom stereocenters. The quantitative estimate of drug-likeness (QED) is 0.886. The van der Waals surface area contributed by atoms with Gasteiger partial charge >= 0.3 is 0 Å². The third-order valence-electron chi connectivity index (χ3n) is 5.23. The molecule has 3 rings (SSSR count). The first-order valence-corrected chi connectivity index (χ1v) is 8.39. The van der Waals surface area contributed by atoms with Crippen molar-refractivity contribution in [3.05, 3.63) is 29.8 Å². The molecule has 3 unspecified atom stereocenters. The smallest absolute Gasteiger partial charge is 0.0369 e. The summed E-state index contributed by atoms with van der Waals surface area (Å²) >= 11 is 0. The molecule has 1 heterocycles. The number of hydrogen-bond acceptors (Lipinski definition) is 2. The van der Waals surface area contributed by atoms with Crippen LogP contribution in [0.15, 0.2) is 24.3 Å². The molecule has 110 valence electrons. The van der Waals surface area contributed by atoms with Crippen LogP contribution in [0.25, 0.3) is 0 Å². The summed E-state index contributed by atoms with van der Waals surface area (Å²) in [6, 6.07) is 10.6. The lowest BCUT2D eigenvalue weighted by molar-refractivity contribution is 0.362. The number of nitrogens with one attached hydrogen (secondary N) is 1. The zero-order chi connectivity index (χ0) is 13.9. The number of nitrogens with zero attached hydrogens (tertiary/aromatic N) is 1. The van der Waals surface area contributed by atoms with Crippen LogP contribution < -0.4 is 10.2 Å². The van der Waals surface area contributed by atoms with E-state index in [0.29, 0.717) is 6.04 Å². The van der Waals surface area contributed by atoms with E-state index in [1.807, 2.05) is 0 Å². The van der Waals surface area contributed by atoms with Crippen LogP contribution in [-0.4, -0.2) is 19.1 Å². The van der Waals surface area contributed by atoms with Crippen LogP contribution in [0.4, 0.5) is 5.69 Å². The van der Waals surface area contributed by atoms with Crippen molar-refractivity contribution in [3.63, 3.8) is 0 Å². The summed E-state index contributed by atoms with van der Waals surface area (Å²) in [7, 11) is 0. The van der Waals surface area contributed by atoms with Crippen molar-refractivity contribution in [2.24, 2.45) is 5.92 Å². The van der Waals surface area contributed by atoms with Crippen molar-refractivity contribution >= 4 is 5.69 Å². The van der Waals surface area contributed by atoms with E-state index in [1.54, 1.807) is 0 Å². The minimum atomic E-state index is 0.453. The third-order valence-corrected chi connectivity index (χ3v) is 5.23. The van der Waals surface area contributed by atoms with Crippen LogP contribution in [0.5, 0.6) is 0 Å². The number of piperidine rings is 1. The Morgan fingerprint density at radius 2 is 1.90 bits per heavy atom. The lowest BCUT2D eigenvalue weighted by Crippen LogP contribution is -2.42. The fourth-order valence-corrected chi connectivity index (χ4v) is 4.15. The van der Waals surface area contributed by atoms with Crippen molar-refractivity contribution in [3.8, 4) is 0 Å². The van der Waals surface area contributed by atoms with Gasteiger partial charge < -0.3 is 10.2 Å². The van der Waals surface area contributed by atoms with E-state index in [1.165, 1.54) is 49.9 Å². The van der Waals surface area contributed by atoms with Gasteiger partial charge in [-0.2, -0.15) is 0 Å². The van der Waals surface area contributed by atoms with E-state index in [-0.39, 0.29) is 0 Å². The van der Waals surface area contributed by atoms with Crippen molar-refractivity contribution in [1.82, 2.24) is 5.32 Å². The van der Waals surface area contributed by atoms with Crippen LogP contribution in [0.1, 0.15) is 57.6 Å². The van der Waals surface area contributed by atoms with Gasteiger partial charge in [-0.3, -0.25) is 0 Å². The molecule has 0 spiro atoms. The molecule has 1 aliphatic heterocycles. The Bertz CT molecular complexity index is 426. The maximum atomic E-state index is 3.48. The summed E-state index contributed by atoms with van der Waals surface area (Å²) < 4.78 is 0. The second-order valence-corrected chi connectivity index (χ2v) is 6.46. The highest BCUT2D eigenvalue weighted by Gasteiger charge is 2.34. The largest absolute Gasteiger partial charge is 0.368 e. The zero-order valence-electron chi connectivity index (χ0n) is 12.9. The van der Waals surface area contributed by atoms with E-state index in [9.17, 15) is 0 Å². The zero-order valence-corrected chi connectivity index (χ0v) is 12.9. The molecule has 2 aliphatic rings. The van der Waals surface area contributed by atoms with Crippen LogP contribution in [0.3, 0.4) is 0 Å². The molecule has 1 saturated heterocycles. The number of anilines is 1. The standard InChI is InChI=1S/C18H28N2/c1-3-19-14(2)15-9-11-17(12-10-15)20-13-5-7-16-6-4-8-18(16)20/h9-12,14,16,18-19H,3-8,13H2,1-2H3. The van der Waals surface area contributed by atoms with Gasteiger partial charge in [-0.05, 0) is 62.8 Å². The lowest BCUT2D eigenvalue weighted by atomic mass is 9.91. The fraction of sp³-hybridized carbons (Fsp3) is 0.667.